The van der Waals surface area contributed by atoms with E-state index >= 15 is 0 Å². The molecule has 1 amide bonds. The topological polar surface area (TPSA) is 46.2 Å². The molecule has 0 atom stereocenters. The van der Waals surface area contributed by atoms with E-state index < -0.39 is 0 Å². The molecule has 1 saturated carbocycles. The highest BCUT2D eigenvalue weighted by Crippen LogP contribution is 2.31. The third kappa shape index (κ3) is 3.02. The van der Waals surface area contributed by atoms with E-state index in [9.17, 15) is 9.59 Å². The SMILES string of the molecule is CC1CCC(C(=O)c2ccc3c(c2)C(=O)NCCC3)CC1. The molecule has 1 fully saturated rings. The van der Waals surface area contributed by atoms with Gasteiger partial charge < -0.3 is 5.32 Å². The summed E-state index contributed by atoms with van der Waals surface area (Å²) in [5.74, 6) is 1.08. The summed E-state index contributed by atoms with van der Waals surface area (Å²) in [7, 11) is 0. The van der Waals surface area contributed by atoms with Crippen LogP contribution < -0.4 is 5.32 Å². The minimum atomic E-state index is -0.0329. The lowest BCUT2D eigenvalue weighted by molar-refractivity contribution is 0.0875. The molecule has 0 bridgehead atoms. The fraction of sp³-hybridized carbons (Fsp3) is 0.556. The van der Waals surface area contributed by atoms with Crippen molar-refractivity contribution in [2.24, 2.45) is 11.8 Å². The van der Waals surface area contributed by atoms with Gasteiger partial charge in [-0.05, 0) is 43.2 Å². The van der Waals surface area contributed by atoms with Crippen molar-refractivity contribution in [2.75, 3.05) is 6.54 Å². The van der Waals surface area contributed by atoms with Crippen LogP contribution in [0.4, 0.5) is 0 Å². The van der Waals surface area contributed by atoms with Gasteiger partial charge >= 0.3 is 0 Å². The predicted molar refractivity (Wildman–Crippen MR) is 82.5 cm³/mol. The van der Waals surface area contributed by atoms with Crippen molar-refractivity contribution in [2.45, 2.75) is 45.4 Å². The second-order valence-electron chi connectivity index (χ2n) is 6.55. The zero-order chi connectivity index (χ0) is 14.8. The van der Waals surface area contributed by atoms with E-state index in [2.05, 4.69) is 12.2 Å². The quantitative estimate of drug-likeness (QED) is 0.847. The largest absolute Gasteiger partial charge is 0.352 e. The fourth-order valence-electron chi connectivity index (χ4n) is 3.49. The summed E-state index contributed by atoms with van der Waals surface area (Å²) < 4.78 is 0. The molecule has 2 aliphatic rings. The van der Waals surface area contributed by atoms with Crippen molar-refractivity contribution in [1.82, 2.24) is 5.32 Å². The Balaban J connectivity index is 1.83. The van der Waals surface area contributed by atoms with Gasteiger partial charge in [-0.15, -0.1) is 0 Å². The molecule has 0 saturated heterocycles. The number of hydrogen-bond donors (Lipinski definition) is 1. The van der Waals surface area contributed by atoms with Gasteiger partial charge in [-0.1, -0.05) is 31.9 Å². The molecule has 1 N–H and O–H groups in total. The zero-order valence-electron chi connectivity index (χ0n) is 12.7. The molecule has 1 aromatic rings. The third-order valence-electron chi connectivity index (χ3n) is 4.93. The molecule has 0 aromatic heterocycles. The average molecular weight is 285 g/mol. The van der Waals surface area contributed by atoms with Gasteiger partial charge in [0.1, 0.15) is 0 Å². The van der Waals surface area contributed by atoms with Crippen molar-refractivity contribution in [3.05, 3.63) is 34.9 Å². The molecule has 3 heteroatoms. The Morgan fingerprint density at radius 3 is 2.71 bits per heavy atom. The Hall–Kier alpha value is -1.64. The smallest absolute Gasteiger partial charge is 0.251 e. The highest BCUT2D eigenvalue weighted by atomic mass is 16.1. The van der Waals surface area contributed by atoms with E-state index in [0.29, 0.717) is 11.1 Å². The predicted octanol–water partition coefficient (Wildman–Crippen LogP) is 3.37. The van der Waals surface area contributed by atoms with Crippen LogP contribution in [0.25, 0.3) is 0 Å². The molecule has 1 aliphatic carbocycles. The number of nitrogens with one attached hydrogen (secondary N) is 1. The summed E-state index contributed by atoms with van der Waals surface area (Å²) in [4.78, 5) is 24.7. The number of carbonyl (C=O) groups excluding carboxylic acids is 2. The van der Waals surface area contributed by atoms with E-state index in [-0.39, 0.29) is 17.6 Å². The van der Waals surface area contributed by atoms with E-state index in [1.54, 1.807) is 0 Å². The average Bonchev–Trinajstić information content (AvgIpc) is 2.69. The molecule has 3 nitrogen and oxygen atoms in total. The van der Waals surface area contributed by atoms with Crippen LogP contribution in [-0.2, 0) is 6.42 Å². The van der Waals surface area contributed by atoms with Crippen LogP contribution in [0.3, 0.4) is 0 Å². The summed E-state index contributed by atoms with van der Waals surface area (Å²) in [5.41, 5.74) is 2.48. The van der Waals surface area contributed by atoms with E-state index in [1.165, 1.54) is 0 Å². The Bertz CT molecular complexity index is 556. The number of amides is 1. The fourth-order valence-corrected chi connectivity index (χ4v) is 3.49. The van der Waals surface area contributed by atoms with Gasteiger partial charge in [0.15, 0.2) is 5.78 Å². The lowest BCUT2D eigenvalue weighted by atomic mass is 9.79. The maximum absolute atomic E-state index is 12.7. The van der Waals surface area contributed by atoms with Gasteiger partial charge in [-0.2, -0.15) is 0 Å². The number of carbonyl (C=O) groups is 2. The van der Waals surface area contributed by atoms with Crippen LogP contribution in [0.15, 0.2) is 18.2 Å². The monoisotopic (exact) mass is 285 g/mol. The van der Waals surface area contributed by atoms with Gasteiger partial charge in [0.05, 0.1) is 0 Å². The van der Waals surface area contributed by atoms with Crippen molar-refractivity contribution in [3.63, 3.8) is 0 Å². The summed E-state index contributed by atoms with van der Waals surface area (Å²) in [6, 6.07) is 5.70. The molecule has 0 unspecified atom stereocenters. The maximum atomic E-state index is 12.7. The number of aryl methyl sites for hydroxylation is 1. The molecule has 1 heterocycles. The first-order valence-electron chi connectivity index (χ1n) is 8.10. The molecule has 21 heavy (non-hydrogen) atoms. The first-order valence-corrected chi connectivity index (χ1v) is 8.10. The van der Waals surface area contributed by atoms with Gasteiger partial charge in [0, 0.05) is 23.6 Å². The summed E-state index contributed by atoms with van der Waals surface area (Å²) in [5, 5.41) is 2.90. The Morgan fingerprint density at radius 1 is 1.19 bits per heavy atom. The van der Waals surface area contributed by atoms with Crippen LogP contribution in [0.5, 0.6) is 0 Å². The number of Topliss-reactive ketones (excluding diaryl/α,β-unsaturated/α-hetero) is 1. The van der Waals surface area contributed by atoms with Crippen molar-refractivity contribution < 1.29 is 9.59 Å². The highest BCUT2D eigenvalue weighted by molar-refractivity contribution is 6.02. The number of fused-ring (bicyclic) bond motifs is 1. The van der Waals surface area contributed by atoms with Gasteiger partial charge in [0.2, 0.25) is 0 Å². The Kier molecular flexibility index (Phi) is 4.09. The maximum Gasteiger partial charge on any atom is 0.251 e. The van der Waals surface area contributed by atoms with Crippen molar-refractivity contribution >= 4 is 11.7 Å². The Labute approximate surface area is 126 Å². The van der Waals surface area contributed by atoms with Gasteiger partial charge in [0.25, 0.3) is 5.91 Å². The zero-order valence-corrected chi connectivity index (χ0v) is 12.7. The summed E-state index contributed by atoms with van der Waals surface area (Å²) in [6.07, 6.45) is 6.13. The second-order valence-corrected chi connectivity index (χ2v) is 6.55. The van der Waals surface area contributed by atoms with Crippen LogP contribution in [-0.4, -0.2) is 18.2 Å². The number of benzene rings is 1. The number of rotatable bonds is 2. The van der Waals surface area contributed by atoms with Crippen LogP contribution in [0.2, 0.25) is 0 Å². The molecule has 1 aromatic carbocycles. The highest BCUT2D eigenvalue weighted by Gasteiger charge is 2.26. The van der Waals surface area contributed by atoms with Crippen LogP contribution >= 0.6 is 0 Å². The molecule has 0 spiro atoms. The second kappa shape index (κ2) is 6.00. The molecular weight excluding hydrogens is 262 g/mol. The number of hydrogen-bond acceptors (Lipinski definition) is 2. The van der Waals surface area contributed by atoms with E-state index in [4.69, 9.17) is 0 Å². The lowest BCUT2D eigenvalue weighted by Gasteiger charge is -2.25. The molecule has 112 valence electrons. The lowest BCUT2D eigenvalue weighted by Crippen LogP contribution is -2.24. The van der Waals surface area contributed by atoms with E-state index in [1.807, 2.05) is 18.2 Å². The normalized spacial score (nSPS) is 25.7. The van der Waals surface area contributed by atoms with Crippen molar-refractivity contribution in [3.8, 4) is 0 Å². The van der Waals surface area contributed by atoms with Gasteiger partial charge in [-0.3, -0.25) is 9.59 Å². The van der Waals surface area contributed by atoms with Crippen molar-refractivity contribution in [1.29, 1.82) is 0 Å². The number of ketones is 1. The minimum absolute atomic E-state index is 0.0329. The molecule has 0 radical (unpaired) electrons. The van der Waals surface area contributed by atoms with Crippen LogP contribution in [0, 0.1) is 11.8 Å². The molecule has 1 aliphatic heterocycles. The van der Waals surface area contributed by atoms with Crippen LogP contribution in [0.1, 0.15) is 65.3 Å². The Morgan fingerprint density at radius 2 is 1.95 bits per heavy atom. The first-order chi connectivity index (χ1) is 10.1. The third-order valence-corrected chi connectivity index (χ3v) is 4.93. The summed E-state index contributed by atoms with van der Waals surface area (Å²) >= 11 is 0. The van der Waals surface area contributed by atoms with E-state index in [0.717, 1.165) is 56.6 Å². The molecule has 3 rings (SSSR count). The van der Waals surface area contributed by atoms with Gasteiger partial charge in [-0.25, -0.2) is 0 Å². The minimum Gasteiger partial charge on any atom is -0.352 e. The first kappa shape index (κ1) is 14.3. The molecular formula is C18H23NO2. The standard InChI is InChI=1S/C18H23NO2/c1-12-4-6-14(7-5-12)17(20)15-9-8-13-3-2-10-19-18(21)16(13)11-15/h8-9,11-12,14H,2-7,10H2,1H3,(H,19,21). The summed E-state index contributed by atoms with van der Waals surface area (Å²) in [6.45, 7) is 2.98.